The number of oxazole rings is 1. The van der Waals surface area contributed by atoms with E-state index in [4.69, 9.17) is 4.42 Å². The topological polar surface area (TPSA) is 67.2 Å². The number of carbonyl (C=O) groups excluding carboxylic acids is 1. The summed E-state index contributed by atoms with van der Waals surface area (Å²) in [6, 6.07) is 5.99. The summed E-state index contributed by atoms with van der Waals surface area (Å²) in [5, 5.41) is 6.09. The largest absolute Gasteiger partial charge is 0.444 e. The SMILES string of the molecule is O=C(NCCc1coc(-c2ccc(F)cc2)n1)C1CCNC1. The summed E-state index contributed by atoms with van der Waals surface area (Å²) < 4.78 is 18.3. The van der Waals surface area contributed by atoms with Crippen molar-refractivity contribution in [2.45, 2.75) is 12.8 Å². The van der Waals surface area contributed by atoms with E-state index in [1.165, 1.54) is 12.1 Å². The third-order valence-corrected chi connectivity index (χ3v) is 3.75. The van der Waals surface area contributed by atoms with Crippen LogP contribution in [0.1, 0.15) is 12.1 Å². The number of benzene rings is 1. The number of nitrogens with one attached hydrogen (secondary N) is 2. The van der Waals surface area contributed by atoms with Gasteiger partial charge >= 0.3 is 0 Å². The van der Waals surface area contributed by atoms with Gasteiger partial charge in [0.25, 0.3) is 0 Å². The number of hydrogen-bond donors (Lipinski definition) is 2. The minimum absolute atomic E-state index is 0.0760. The van der Waals surface area contributed by atoms with Crippen molar-refractivity contribution in [2.75, 3.05) is 19.6 Å². The molecule has 2 aromatic rings. The zero-order chi connectivity index (χ0) is 15.4. The quantitative estimate of drug-likeness (QED) is 0.883. The molecule has 0 bridgehead atoms. The minimum atomic E-state index is -0.292. The number of nitrogens with zero attached hydrogens (tertiary/aromatic N) is 1. The average Bonchev–Trinajstić information content (AvgIpc) is 3.19. The Hall–Kier alpha value is -2.21. The number of carbonyl (C=O) groups is 1. The van der Waals surface area contributed by atoms with Crippen LogP contribution >= 0.6 is 0 Å². The van der Waals surface area contributed by atoms with Crippen LogP contribution in [0, 0.1) is 11.7 Å². The van der Waals surface area contributed by atoms with Gasteiger partial charge in [-0.05, 0) is 37.2 Å². The lowest BCUT2D eigenvalue weighted by molar-refractivity contribution is -0.124. The first-order valence-corrected chi connectivity index (χ1v) is 7.41. The second-order valence-corrected chi connectivity index (χ2v) is 5.38. The molecule has 116 valence electrons. The van der Waals surface area contributed by atoms with Gasteiger partial charge in [-0.1, -0.05) is 0 Å². The molecule has 5 nitrogen and oxygen atoms in total. The highest BCUT2D eigenvalue weighted by Gasteiger charge is 2.21. The van der Waals surface area contributed by atoms with E-state index in [0.717, 1.165) is 30.8 Å². The summed E-state index contributed by atoms with van der Waals surface area (Å²) in [5.41, 5.74) is 1.50. The minimum Gasteiger partial charge on any atom is -0.444 e. The lowest BCUT2D eigenvalue weighted by Crippen LogP contribution is -2.33. The maximum Gasteiger partial charge on any atom is 0.226 e. The van der Waals surface area contributed by atoms with Crippen molar-refractivity contribution in [3.05, 3.63) is 42.0 Å². The molecule has 1 fully saturated rings. The van der Waals surface area contributed by atoms with Crippen LogP contribution < -0.4 is 10.6 Å². The van der Waals surface area contributed by atoms with Crippen molar-refractivity contribution in [1.29, 1.82) is 0 Å². The second-order valence-electron chi connectivity index (χ2n) is 5.38. The van der Waals surface area contributed by atoms with Gasteiger partial charge in [0.2, 0.25) is 11.8 Å². The van der Waals surface area contributed by atoms with Crippen molar-refractivity contribution in [2.24, 2.45) is 5.92 Å². The molecule has 2 heterocycles. The number of hydrogen-bond acceptors (Lipinski definition) is 4. The zero-order valence-electron chi connectivity index (χ0n) is 12.1. The predicted molar refractivity (Wildman–Crippen MR) is 79.6 cm³/mol. The van der Waals surface area contributed by atoms with Gasteiger partial charge in [0, 0.05) is 25.1 Å². The van der Waals surface area contributed by atoms with Gasteiger partial charge in [-0.3, -0.25) is 4.79 Å². The normalized spacial score (nSPS) is 17.6. The van der Waals surface area contributed by atoms with Crippen LogP contribution in [-0.4, -0.2) is 30.5 Å². The first kappa shape index (κ1) is 14.7. The number of aromatic nitrogens is 1. The van der Waals surface area contributed by atoms with E-state index in [2.05, 4.69) is 15.6 Å². The lowest BCUT2D eigenvalue weighted by Gasteiger charge is -2.08. The van der Waals surface area contributed by atoms with Gasteiger partial charge in [0.05, 0.1) is 11.6 Å². The zero-order valence-corrected chi connectivity index (χ0v) is 12.1. The molecule has 1 amide bonds. The summed E-state index contributed by atoms with van der Waals surface area (Å²) in [7, 11) is 0. The Kier molecular flexibility index (Phi) is 4.48. The Bertz CT molecular complexity index is 633. The highest BCUT2D eigenvalue weighted by atomic mass is 19.1. The van der Waals surface area contributed by atoms with Crippen molar-refractivity contribution in [1.82, 2.24) is 15.6 Å². The highest BCUT2D eigenvalue weighted by molar-refractivity contribution is 5.79. The molecule has 1 aromatic carbocycles. The molecule has 0 radical (unpaired) electrons. The number of amides is 1. The average molecular weight is 303 g/mol. The monoisotopic (exact) mass is 303 g/mol. The molecule has 6 heteroatoms. The molecule has 1 aliphatic rings. The Morgan fingerprint density at radius 2 is 2.23 bits per heavy atom. The van der Waals surface area contributed by atoms with Gasteiger partial charge in [0.15, 0.2) is 0 Å². The summed E-state index contributed by atoms with van der Waals surface area (Å²) in [5.74, 6) is 0.334. The van der Waals surface area contributed by atoms with Crippen LogP contribution in [0.15, 0.2) is 34.9 Å². The van der Waals surface area contributed by atoms with Crippen LogP contribution in [-0.2, 0) is 11.2 Å². The van der Waals surface area contributed by atoms with E-state index in [1.54, 1.807) is 18.4 Å². The lowest BCUT2D eigenvalue weighted by atomic mass is 10.1. The van der Waals surface area contributed by atoms with E-state index in [0.29, 0.717) is 18.9 Å². The molecule has 0 spiro atoms. The molecule has 1 aliphatic heterocycles. The summed E-state index contributed by atoms with van der Waals surface area (Å²) >= 11 is 0. The van der Waals surface area contributed by atoms with E-state index >= 15 is 0 Å². The standard InChI is InChI=1S/C16H18FN3O2/c17-13-3-1-11(2-4-13)16-20-14(10-22-16)6-8-19-15(21)12-5-7-18-9-12/h1-4,10,12,18H,5-9H2,(H,19,21). The van der Waals surface area contributed by atoms with E-state index in [-0.39, 0.29) is 17.6 Å². The Balaban J connectivity index is 1.51. The van der Waals surface area contributed by atoms with Gasteiger partial charge in [-0.2, -0.15) is 0 Å². The van der Waals surface area contributed by atoms with Crippen LogP contribution in [0.2, 0.25) is 0 Å². The van der Waals surface area contributed by atoms with Crippen LogP contribution in [0.25, 0.3) is 11.5 Å². The first-order chi connectivity index (χ1) is 10.7. The maximum atomic E-state index is 12.9. The summed E-state index contributed by atoms with van der Waals surface area (Å²) in [6.07, 6.45) is 3.07. The van der Waals surface area contributed by atoms with Gasteiger partial charge in [-0.15, -0.1) is 0 Å². The molecular weight excluding hydrogens is 285 g/mol. The van der Waals surface area contributed by atoms with Gasteiger partial charge in [0.1, 0.15) is 12.1 Å². The fourth-order valence-electron chi connectivity index (χ4n) is 2.48. The molecule has 0 aliphatic carbocycles. The second kappa shape index (κ2) is 6.70. The third-order valence-electron chi connectivity index (χ3n) is 3.75. The molecule has 1 saturated heterocycles. The van der Waals surface area contributed by atoms with Gasteiger partial charge < -0.3 is 15.1 Å². The van der Waals surface area contributed by atoms with Crippen molar-refractivity contribution < 1.29 is 13.6 Å². The molecule has 22 heavy (non-hydrogen) atoms. The number of halogens is 1. The summed E-state index contributed by atoms with van der Waals surface area (Å²) in [4.78, 5) is 16.2. The first-order valence-electron chi connectivity index (χ1n) is 7.41. The molecule has 2 N–H and O–H groups in total. The Morgan fingerprint density at radius 3 is 2.95 bits per heavy atom. The van der Waals surface area contributed by atoms with E-state index < -0.39 is 0 Å². The number of rotatable bonds is 5. The van der Waals surface area contributed by atoms with E-state index in [1.807, 2.05) is 0 Å². The van der Waals surface area contributed by atoms with Crippen molar-refractivity contribution in [3.63, 3.8) is 0 Å². The Labute approximate surface area is 127 Å². The molecule has 1 unspecified atom stereocenters. The van der Waals surface area contributed by atoms with Crippen LogP contribution in [0.5, 0.6) is 0 Å². The molecular formula is C16H18FN3O2. The fourth-order valence-corrected chi connectivity index (χ4v) is 2.48. The maximum absolute atomic E-state index is 12.9. The van der Waals surface area contributed by atoms with Gasteiger partial charge in [-0.25, -0.2) is 9.37 Å². The molecule has 1 aromatic heterocycles. The third kappa shape index (κ3) is 3.51. The van der Waals surface area contributed by atoms with Crippen molar-refractivity contribution in [3.8, 4) is 11.5 Å². The smallest absolute Gasteiger partial charge is 0.226 e. The highest BCUT2D eigenvalue weighted by Crippen LogP contribution is 2.19. The summed E-state index contributed by atoms with van der Waals surface area (Å²) in [6.45, 7) is 2.19. The Morgan fingerprint density at radius 1 is 1.41 bits per heavy atom. The fraction of sp³-hybridized carbons (Fsp3) is 0.375. The molecule has 3 rings (SSSR count). The molecule has 0 saturated carbocycles. The van der Waals surface area contributed by atoms with Crippen LogP contribution in [0.3, 0.4) is 0 Å². The van der Waals surface area contributed by atoms with Crippen molar-refractivity contribution >= 4 is 5.91 Å². The van der Waals surface area contributed by atoms with Crippen LogP contribution in [0.4, 0.5) is 4.39 Å². The predicted octanol–water partition coefficient (Wildman–Crippen LogP) is 1.75. The van der Waals surface area contributed by atoms with E-state index in [9.17, 15) is 9.18 Å². The molecule has 1 atom stereocenters.